The van der Waals surface area contributed by atoms with Crippen LogP contribution in [0, 0.1) is 0 Å². The van der Waals surface area contributed by atoms with Crippen molar-refractivity contribution in [1.82, 2.24) is 15.1 Å². The molecule has 5 nitrogen and oxygen atoms in total. The number of aromatic nitrogens is 2. The summed E-state index contributed by atoms with van der Waals surface area (Å²) >= 11 is 0. The van der Waals surface area contributed by atoms with Gasteiger partial charge in [0.25, 0.3) is 0 Å². The summed E-state index contributed by atoms with van der Waals surface area (Å²) in [6, 6.07) is 9.64. The predicted octanol–water partition coefficient (Wildman–Crippen LogP) is 1.64. The molecule has 0 aliphatic rings. The fourth-order valence-corrected chi connectivity index (χ4v) is 1.85. The number of methoxy groups -OCH3 is 1. The summed E-state index contributed by atoms with van der Waals surface area (Å²) in [4.78, 5) is 0. The molecule has 108 valence electrons. The number of aryl methyl sites for hydroxylation is 1. The molecule has 0 aliphatic carbocycles. The molecule has 2 rings (SSSR count). The number of ether oxygens (including phenoxy) is 2. The van der Waals surface area contributed by atoms with Crippen LogP contribution >= 0.6 is 0 Å². The second kappa shape index (κ2) is 7.55. The lowest BCUT2D eigenvalue weighted by atomic mass is 10.3. The first-order valence-corrected chi connectivity index (χ1v) is 6.74. The van der Waals surface area contributed by atoms with Crippen molar-refractivity contribution in [3.63, 3.8) is 0 Å². The Hall–Kier alpha value is -2.01. The third-order valence-corrected chi connectivity index (χ3v) is 2.93. The number of hydrogen-bond acceptors (Lipinski definition) is 4. The maximum absolute atomic E-state index is 5.62. The van der Waals surface area contributed by atoms with E-state index in [2.05, 4.69) is 10.4 Å². The van der Waals surface area contributed by atoms with Gasteiger partial charge >= 0.3 is 0 Å². The van der Waals surface area contributed by atoms with Crippen LogP contribution in [0.4, 0.5) is 0 Å². The molecule has 5 heteroatoms. The van der Waals surface area contributed by atoms with E-state index in [-0.39, 0.29) is 0 Å². The quantitative estimate of drug-likeness (QED) is 0.744. The molecule has 20 heavy (non-hydrogen) atoms. The number of nitrogens with zero attached hydrogens (tertiary/aromatic N) is 2. The molecule has 1 aromatic carbocycles. The molecule has 0 atom stereocenters. The number of nitrogens with one attached hydrogen (secondary N) is 1. The van der Waals surface area contributed by atoms with E-state index in [9.17, 15) is 0 Å². The Bertz CT molecular complexity index is 508. The van der Waals surface area contributed by atoms with Crippen molar-refractivity contribution in [2.75, 3.05) is 26.8 Å². The maximum atomic E-state index is 5.62. The van der Waals surface area contributed by atoms with E-state index in [1.807, 2.05) is 48.3 Å². The zero-order valence-electron chi connectivity index (χ0n) is 12.0. The first-order valence-electron chi connectivity index (χ1n) is 6.74. The molecule has 0 saturated carbocycles. The van der Waals surface area contributed by atoms with Gasteiger partial charge in [0.15, 0.2) is 0 Å². The van der Waals surface area contributed by atoms with Gasteiger partial charge in [-0.1, -0.05) is 0 Å². The van der Waals surface area contributed by atoms with E-state index in [4.69, 9.17) is 9.47 Å². The van der Waals surface area contributed by atoms with Gasteiger partial charge in [-0.15, -0.1) is 0 Å². The highest BCUT2D eigenvalue weighted by Gasteiger charge is 1.97. The smallest absolute Gasteiger partial charge is 0.119 e. The van der Waals surface area contributed by atoms with Gasteiger partial charge in [0, 0.05) is 32.8 Å². The van der Waals surface area contributed by atoms with Gasteiger partial charge in [0.1, 0.15) is 18.1 Å². The minimum atomic E-state index is 0.647. The van der Waals surface area contributed by atoms with Gasteiger partial charge in [-0.2, -0.15) is 5.10 Å². The average molecular weight is 275 g/mol. The van der Waals surface area contributed by atoms with Gasteiger partial charge in [0.05, 0.1) is 12.8 Å². The third-order valence-electron chi connectivity index (χ3n) is 2.93. The zero-order valence-corrected chi connectivity index (χ0v) is 12.0. The van der Waals surface area contributed by atoms with Crippen LogP contribution in [0.5, 0.6) is 11.5 Å². The van der Waals surface area contributed by atoms with E-state index in [1.54, 1.807) is 7.11 Å². The van der Waals surface area contributed by atoms with Crippen molar-refractivity contribution < 1.29 is 9.47 Å². The summed E-state index contributed by atoms with van der Waals surface area (Å²) in [5, 5.41) is 7.66. The Balaban J connectivity index is 1.57. The molecule has 0 spiro atoms. The summed E-state index contributed by atoms with van der Waals surface area (Å²) in [6.07, 6.45) is 2.89. The predicted molar refractivity (Wildman–Crippen MR) is 78.3 cm³/mol. The summed E-state index contributed by atoms with van der Waals surface area (Å²) < 4.78 is 12.5. The van der Waals surface area contributed by atoms with Crippen molar-refractivity contribution >= 4 is 0 Å². The molecule has 0 amide bonds. The minimum Gasteiger partial charge on any atom is -0.497 e. The Morgan fingerprint density at radius 1 is 1.10 bits per heavy atom. The highest BCUT2D eigenvalue weighted by atomic mass is 16.5. The van der Waals surface area contributed by atoms with Gasteiger partial charge in [0.2, 0.25) is 0 Å². The van der Waals surface area contributed by atoms with Crippen LogP contribution in [0.3, 0.4) is 0 Å². The standard InChI is InChI=1S/C15H21N3O2/c1-18-11-8-13(17-18)7-9-16-10-12-20-15-5-3-14(19-2)4-6-15/h3-6,8,11,16H,7,9-10,12H2,1-2H3. The second-order valence-electron chi connectivity index (χ2n) is 4.50. The summed E-state index contributed by atoms with van der Waals surface area (Å²) in [7, 11) is 3.58. The Morgan fingerprint density at radius 3 is 2.50 bits per heavy atom. The van der Waals surface area contributed by atoms with Crippen molar-refractivity contribution in [3.05, 3.63) is 42.2 Å². The zero-order chi connectivity index (χ0) is 14.2. The Labute approximate surface area is 119 Å². The molecule has 1 aromatic heterocycles. The normalized spacial score (nSPS) is 10.5. The van der Waals surface area contributed by atoms with Crippen LogP contribution in [-0.2, 0) is 13.5 Å². The lowest BCUT2D eigenvalue weighted by Crippen LogP contribution is -2.23. The molecular weight excluding hydrogens is 254 g/mol. The summed E-state index contributed by atoms with van der Waals surface area (Å²) in [5.74, 6) is 1.70. The highest BCUT2D eigenvalue weighted by Crippen LogP contribution is 2.16. The monoisotopic (exact) mass is 275 g/mol. The molecule has 0 fully saturated rings. The van der Waals surface area contributed by atoms with Crippen LogP contribution in [0.15, 0.2) is 36.5 Å². The molecule has 0 aliphatic heterocycles. The van der Waals surface area contributed by atoms with Crippen LogP contribution in [-0.4, -0.2) is 36.6 Å². The lowest BCUT2D eigenvalue weighted by molar-refractivity contribution is 0.313. The Morgan fingerprint density at radius 2 is 1.85 bits per heavy atom. The van der Waals surface area contributed by atoms with Gasteiger partial charge in [-0.05, 0) is 30.3 Å². The van der Waals surface area contributed by atoms with Crippen LogP contribution in [0.25, 0.3) is 0 Å². The lowest BCUT2D eigenvalue weighted by Gasteiger charge is -2.07. The summed E-state index contributed by atoms with van der Waals surface area (Å²) in [5.41, 5.74) is 1.11. The van der Waals surface area contributed by atoms with Gasteiger partial charge in [-0.25, -0.2) is 0 Å². The average Bonchev–Trinajstić information content (AvgIpc) is 2.89. The van der Waals surface area contributed by atoms with E-state index in [0.717, 1.165) is 36.7 Å². The molecule has 0 radical (unpaired) electrons. The van der Waals surface area contributed by atoms with Crippen molar-refractivity contribution in [2.24, 2.45) is 7.05 Å². The summed E-state index contributed by atoms with van der Waals surface area (Å²) in [6.45, 7) is 2.37. The van der Waals surface area contributed by atoms with E-state index in [1.165, 1.54) is 0 Å². The maximum Gasteiger partial charge on any atom is 0.119 e. The first kappa shape index (κ1) is 14.4. The second-order valence-corrected chi connectivity index (χ2v) is 4.50. The largest absolute Gasteiger partial charge is 0.497 e. The minimum absolute atomic E-state index is 0.647. The van der Waals surface area contributed by atoms with Gasteiger partial charge in [-0.3, -0.25) is 4.68 Å². The van der Waals surface area contributed by atoms with Crippen LogP contribution in [0.2, 0.25) is 0 Å². The fraction of sp³-hybridized carbons (Fsp3) is 0.400. The van der Waals surface area contributed by atoms with Crippen molar-refractivity contribution in [2.45, 2.75) is 6.42 Å². The number of benzene rings is 1. The Kier molecular flexibility index (Phi) is 5.43. The molecule has 0 saturated heterocycles. The third kappa shape index (κ3) is 4.59. The molecule has 0 unspecified atom stereocenters. The van der Waals surface area contributed by atoms with Gasteiger partial charge < -0.3 is 14.8 Å². The molecular formula is C15H21N3O2. The van der Waals surface area contributed by atoms with E-state index < -0.39 is 0 Å². The van der Waals surface area contributed by atoms with Crippen molar-refractivity contribution in [3.8, 4) is 11.5 Å². The molecule has 2 aromatic rings. The van der Waals surface area contributed by atoms with Crippen LogP contribution < -0.4 is 14.8 Å². The molecule has 1 heterocycles. The number of rotatable bonds is 8. The highest BCUT2D eigenvalue weighted by molar-refractivity contribution is 5.31. The number of hydrogen-bond donors (Lipinski definition) is 1. The molecule has 1 N–H and O–H groups in total. The topological polar surface area (TPSA) is 48.3 Å². The fourth-order valence-electron chi connectivity index (χ4n) is 1.85. The van der Waals surface area contributed by atoms with E-state index >= 15 is 0 Å². The van der Waals surface area contributed by atoms with Crippen molar-refractivity contribution in [1.29, 1.82) is 0 Å². The first-order chi connectivity index (χ1) is 9.78. The molecule has 0 bridgehead atoms. The SMILES string of the molecule is COc1ccc(OCCNCCc2ccn(C)n2)cc1. The van der Waals surface area contributed by atoms with Crippen LogP contribution in [0.1, 0.15) is 5.69 Å². The van der Waals surface area contributed by atoms with E-state index in [0.29, 0.717) is 6.61 Å².